The van der Waals surface area contributed by atoms with E-state index in [-0.39, 0.29) is 5.56 Å². The Hall–Kier alpha value is -3.32. The second-order valence-corrected chi connectivity index (χ2v) is 5.71. The molecule has 7 nitrogen and oxygen atoms in total. The van der Waals surface area contributed by atoms with Crippen molar-refractivity contribution in [2.24, 2.45) is 0 Å². The number of H-pyrrole nitrogens is 1. The van der Waals surface area contributed by atoms with Crippen molar-refractivity contribution in [3.63, 3.8) is 0 Å². The van der Waals surface area contributed by atoms with Gasteiger partial charge in [0.25, 0.3) is 0 Å². The lowest BCUT2D eigenvalue weighted by Gasteiger charge is -2.10. The Morgan fingerprint density at radius 3 is 2.74 bits per heavy atom. The maximum absolute atomic E-state index is 11.3. The number of carboxylic acids is 1. The summed E-state index contributed by atoms with van der Waals surface area (Å²) in [7, 11) is 3.20. The summed E-state index contributed by atoms with van der Waals surface area (Å²) in [4.78, 5) is 18.8. The molecule has 3 rings (SSSR count). The SMILES string of the molecule is COCCOc1ccc(C=Cc2nc3c(C(=O)O)cccc3[nH]2)cc1OC. The van der Waals surface area contributed by atoms with Gasteiger partial charge < -0.3 is 24.3 Å². The maximum Gasteiger partial charge on any atom is 0.337 e. The Kier molecular flexibility index (Phi) is 5.73. The molecule has 0 aliphatic rings. The average Bonchev–Trinajstić information content (AvgIpc) is 3.10. The quantitative estimate of drug-likeness (QED) is 0.592. The molecule has 0 atom stereocenters. The molecule has 0 radical (unpaired) electrons. The van der Waals surface area contributed by atoms with Crippen LogP contribution in [0.2, 0.25) is 0 Å². The standard InChI is InChI=1S/C20H20N2O5/c1-25-10-11-27-16-8-6-13(12-17(16)26-2)7-9-18-21-15-5-3-4-14(20(23)24)19(15)22-18/h3-9,12H,10-11H2,1-2H3,(H,21,22)(H,23,24). The number of benzene rings is 2. The van der Waals surface area contributed by atoms with Crippen LogP contribution in [0.5, 0.6) is 11.5 Å². The molecule has 1 heterocycles. The van der Waals surface area contributed by atoms with Gasteiger partial charge in [-0.3, -0.25) is 0 Å². The molecule has 0 saturated carbocycles. The van der Waals surface area contributed by atoms with Crippen LogP contribution in [0, 0.1) is 0 Å². The van der Waals surface area contributed by atoms with E-state index < -0.39 is 5.97 Å². The molecule has 7 heteroatoms. The van der Waals surface area contributed by atoms with E-state index in [0.29, 0.717) is 41.6 Å². The number of para-hydroxylation sites is 1. The van der Waals surface area contributed by atoms with Crippen molar-refractivity contribution >= 4 is 29.2 Å². The number of rotatable bonds is 8. The number of ether oxygens (including phenoxy) is 3. The van der Waals surface area contributed by atoms with Crippen LogP contribution in [-0.2, 0) is 4.74 Å². The summed E-state index contributed by atoms with van der Waals surface area (Å²) in [5.41, 5.74) is 2.17. The number of hydrogen-bond donors (Lipinski definition) is 2. The maximum atomic E-state index is 11.3. The number of methoxy groups -OCH3 is 2. The number of nitrogens with zero attached hydrogens (tertiary/aromatic N) is 1. The predicted molar refractivity (Wildman–Crippen MR) is 102 cm³/mol. The number of imidazole rings is 1. The molecule has 27 heavy (non-hydrogen) atoms. The molecule has 0 saturated heterocycles. The topological polar surface area (TPSA) is 93.7 Å². The zero-order valence-corrected chi connectivity index (χ0v) is 15.1. The molecule has 1 aromatic heterocycles. The van der Waals surface area contributed by atoms with Gasteiger partial charge in [0.05, 0.1) is 24.8 Å². The van der Waals surface area contributed by atoms with Crippen molar-refractivity contribution in [3.8, 4) is 11.5 Å². The molecule has 0 spiro atoms. The highest BCUT2D eigenvalue weighted by Gasteiger charge is 2.11. The Morgan fingerprint density at radius 1 is 1.15 bits per heavy atom. The van der Waals surface area contributed by atoms with Crippen LogP contribution >= 0.6 is 0 Å². The van der Waals surface area contributed by atoms with Crippen LogP contribution in [0.1, 0.15) is 21.7 Å². The number of hydrogen-bond acceptors (Lipinski definition) is 5. The molecule has 0 unspecified atom stereocenters. The molecule has 0 amide bonds. The van der Waals surface area contributed by atoms with E-state index in [2.05, 4.69) is 9.97 Å². The number of fused-ring (bicyclic) bond motifs is 1. The zero-order chi connectivity index (χ0) is 19.2. The first-order valence-electron chi connectivity index (χ1n) is 8.32. The fraction of sp³-hybridized carbons (Fsp3) is 0.200. The minimum Gasteiger partial charge on any atom is -0.493 e. The number of aromatic nitrogens is 2. The van der Waals surface area contributed by atoms with Crippen molar-refractivity contribution < 1.29 is 24.1 Å². The van der Waals surface area contributed by atoms with E-state index in [1.54, 1.807) is 32.4 Å². The van der Waals surface area contributed by atoms with Crippen molar-refractivity contribution in [1.29, 1.82) is 0 Å². The van der Waals surface area contributed by atoms with Gasteiger partial charge in [0.15, 0.2) is 11.5 Å². The number of carboxylic acid groups (broad SMARTS) is 1. The highest BCUT2D eigenvalue weighted by molar-refractivity contribution is 6.01. The number of aromatic carboxylic acids is 1. The monoisotopic (exact) mass is 368 g/mol. The normalized spacial score (nSPS) is 11.2. The third-order valence-electron chi connectivity index (χ3n) is 3.93. The lowest BCUT2D eigenvalue weighted by Crippen LogP contribution is -2.05. The van der Waals surface area contributed by atoms with Gasteiger partial charge in [-0.05, 0) is 35.9 Å². The summed E-state index contributed by atoms with van der Waals surface area (Å²) < 4.78 is 16.0. The molecule has 0 aliphatic heterocycles. The molecule has 0 fully saturated rings. The van der Waals surface area contributed by atoms with Crippen LogP contribution in [-0.4, -0.2) is 48.5 Å². The number of aromatic amines is 1. The summed E-state index contributed by atoms with van der Waals surface area (Å²) in [5, 5.41) is 9.26. The first kappa shape index (κ1) is 18.5. The highest BCUT2D eigenvalue weighted by atomic mass is 16.5. The van der Waals surface area contributed by atoms with Crippen molar-refractivity contribution in [1.82, 2.24) is 9.97 Å². The van der Waals surface area contributed by atoms with Gasteiger partial charge in [-0.15, -0.1) is 0 Å². The van der Waals surface area contributed by atoms with Gasteiger partial charge in [-0.2, -0.15) is 0 Å². The van der Waals surface area contributed by atoms with Crippen molar-refractivity contribution in [2.45, 2.75) is 0 Å². The first-order valence-corrected chi connectivity index (χ1v) is 8.32. The Balaban J connectivity index is 1.82. The average molecular weight is 368 g/mol. The van der Waals surface area contributed by atoms with E-state index in [1.165, 1.54) is 6.07 Å². The Morgan fingerprint density at radius 2 is 2.00 bits per heavy atom. The second-order valence-electron chi connectivity index (χ2n) is 5.71. The number of carbonyl (C=O) groups is 1. The fourth-order valence-electron chi connectivity index (χ4n) is 2.62. The van der Waals surface area contributed by atoms with Gasteiger partial charge in [-0.1, -0.05) is 18.2 Å². The Bertz CT molecular complexity index is 978. The summed E-state index contributed by atoms with van der Waals surface area (Å²) in [6.45, 7) is 0.933. The van der Waals surface area contributed by atoms with Crippen molar-refractivity contribution in [2.75, 3.05) is 27.4 Å². The molecule has 0 aliphatic carbocycles. The number of nitrogens with one attached hydrogen (secondary N) is 1. The molecular formula is C20H20N2O5. The lowest BCUT2D eigenvalue weighted by atomic mass is 10.2. The van der Waals surface area contributed by atoms with Crippen LogP contribution < -0.4 is 9.47 Å². The van der Waals surface area contributed by atoms with Crippen molar-refractivity contribution in [3.05, 3.63) is 53.3 Å². The smallest absolute Gasteiger partial charge is 0.337 e. The van der Waals surface area contributed by atoms with E-state index in [4.69, 9.17) is 14.2 Å². The second kappa shape index (κ2) is 8.37. The minimum atomic E-state index is -1.00. The third kappa shape index (κ3) is 4.27. The summed E-state index contributed by atoms with van der Waals surface area (Å²) in [6.07, 6.45) is 3.64. The van der Waals surface area contributed by atoms with Gasteiger partial charge in [0.1, 0.15) is 17.9 Å². The van der Waals surface area contributed by atoms with E-state index >= 15 is 0 Å². The summed E-state index contributed by atoms with van der Waals surface area (Å²) in [6, 6.07) is 10.6. The lowest BCUT2D eigenvalue weighted by molar-refractivity contribution is 0.0699. The van der Waals surface area contributed by atoms with E-state index in [1.807, 2.05) is 24.3 Å². The zero-order valence-electron chi connectivity index (χ0n) is 15.1. The highest BCUT2D eigenvalue weighted by Crippen LogP contribution is 2.29. The third-order valence-corrected chi connectivity index (χ3v) is 3.93. The van der Waals surface area contributed by atoms with Gasteiger partial charge >= 0.3 is 5.97 Å². The molecule has 2 N–H and O–H groups in total. The molecule has 0 bridgehead atoms. The van der Waals surface area contributed by atoms with Gasteiger partial charge in [-0.25, -0.2) is 9.78 Å². The van der Waals surface area contributed by atoms with Gasteiger partial charge in [0, 0.05) is 7.11 Å². The summed E-state index contributed by atoms with van der Waals surface area (Å²) >= 11 is 0. The molecule has 3 aromatic rings. The first-order chi connectivity index (χ1) is 13.1. The summed E-state index contributed by atoms with van der Waals surface area (Å²) in [5.74, 6) is 0.821. The Labute approximate surface area is 156 Å². The van der Waals surface area contributed by atoms with E-state index in [9.17, 15) is 9.90 Å². The molecular weight excluding hydrogens is 348 g/mol. The molecule has 2 aromatic carbocycles. The minimum absolute atomic E-state index is 0.169. The van der Waals surface area contributed by atoms with E-state index in [0.717, 1.165) is 5.56 Å². The molecule has 140 valence electrons. The predicted octanol–water partition coefficient (Wildman–Crippen LogP) is 3.47. The fourth-order valence-corrected chi connectivity index (χ4v) is 2.62. The largest absolute Gasteiger partial charge is 0.493 e. The van der Waals surface area contributed by atoms with Crippen LogP contribution in [0.25, 0.3) is 23.2 Å². The van der Waals surface area contributed by atoms with Crippen LogP contribution in [0.4, 0.5) is 0 Å². The van der Waals surface area contributed by atoms with Crippen LogP contribution in [0.3, 0.4) is 0 Å². The van der Waals surface area contributed by atoms with Gasteiger partial charge in [0.2, 0.25) is 0 Å². The van der Waals surface area contributed by atoms with Crippen LogP contribution in [0.15, 0.2) is 36.4 Å².